The molecule has 0 amide bonds. The lowest BCUT2D eigenvalue weighted by atomic mass is 9.98. The predicted molar refractivity (Wildman–Crippen MR) is 130 cm³/mol. The molecule has 0 aromatic carbocycles. The van der Waals surface area contributed by atoms with Gasteiger partial charge in [0.15, 0.2) is 6.10 Å². The number of alkyl halides is 2. The zero-order valence-electron chi connectivity index (χ0n) is 22.0. The minimum atomic E-state index is -3.75. The van der Waals surface area contributed by atoms with Crippen LogP contribution >= 0.6 is 0 Å². The summed E-state index contributed by atoms with van der Waals surface area (Å²) in [5.41, 5.74) is -0.928. The lowest BCUT2D eigenvalue weighted by Gasteiger charge is -2.25. The van der Waals surface area contributed by atoms with Gasteiger partial charge in [0.1, 0.15) is 11.9 Å². The fourth-order valence-corrected chi connectivity index (χ4v) is 4.31. The molecule has 36 heavy (non-hydrogen) atoms. The Balaban J connectivity index is 2.29. The minimum Gasteiger partial charge on any atom is -0.469 e. The van der Waals surface area contributed by atoms with E-state index in [0.717, 1.165) is 25.7 Å². The Morgan fingerprint density at radius 2 is 1.83 bits per heavy atom. The van der Waals surface area contributed by atoms with Gasteiger partial charge < -0.3 is 19.5 Å². The maximum atomic E-state index is 15.5. The molecule has 1 aromatic heterocycles. The number of anilines is 1. The number of carbonyl (C=O) groups excluding carboxylic acids is 2. The van der Waals surface area contributed by atoms with Crippen LogP contribution in [-0.2, 0) is 23.8 Å². The highest BCUT2D eigenvalue weighted by molar-refractivity contribution is 5.72. The van der Waals surface area contributed by atoms with Crippen LogP contribution in [-0.4, -0.2) is 53.3 Å². The largest absolute Gasteiger partial charge is 0.469 e. The van der Waals surface area contributed by atoms with Crippen molar-refractivity contribution < 1.29 is 32.6 Å². The normalized spacial score (nSPS) is 22.0. The van der Waals surface area contributed by atoms with E-state index in [1.807, 2.05) is 0 Å². The maximum absolute atomic E-state index is 15.5. The molecule has 2 rings (SSSR count). The number of aromatic nitrogens is 2. The van der Waals surface area contributed by atoms with Crippen LogP contribution in [0.5, 0.6) is 0 Å². The highest BCUT2D eigenvalue weighted by atomic mass is 19.3. The van der Waals surface area contributed by atoms with Crippen molar-refractivity contribution in [3.05, 3.63) is 22.7 Å². The van der Waals surface area contributed by atoms with Crippen molar-refractivity contribution in [1.82, 2.24) is 9.55 Å². The average Bonchev–Trinajstić information content (AvgIpc) is 3.06. The molecule has 1 unspecified atom stereocenters. The third-order valence-corrected chi connectivity index (χ3v) is 6.30. The highest BCUT2D eigenvalue weighted by Crippen LogP contribution is 2.46. The van der Waals surface area contributed by atoms with Crippen LogP contribution in [0.1, 0.15) is 73.0 Å². The van der Waals surface area contributed by atoms with Crippen molar-refractivity contribution in [2.24, 2.45) is 17.8 Å². The third kappa shape index (κ3) is 7.24. The summed E-state index contributed by atoms with van der Waals surface area (Å²) in [6.45, 7) is 9.37. The standard InChI is InChI=1S/C25H39F2N3O6/c1-7-9-17(10-8-2)14-28-19-11-12-30(24(33)29-19)23-25(26,27)20(36-21(31)15(3)4)18(35-23)13-16(5)22(32)34-6/h11-12,15-18,20,23H,7-10,13-14H2,1-6H3,(H,28,29,33)/t16?,18-,20-,23-/m1/s1. The lowest BCUT2D eigenvalue weighted by Crippen LogP contribution is -2.44. The molecular formula is C25H39F2N3O6. The molecule has 0 spiro atoms. The van der Waals surface area contributed by atoms with Crippen molar-refractivity contribution in [2.75, 3.05) is 19.0 Å². The van der Waals surface area contributed by atoms with Crippen LogP contribution in [0, 0.1) is 17.8 Å². The summed E-state index contributed by atoms with van der Waals surface area (Å²) in [6, 6.07) is 1.44. The van der Waals surface area contributed by atoms with Gasteiger partial charge in [0.2, 0.25) is 6.23 Å². The highest BCUT2D eigenvalue weighted by Gasteiger charge is 2.62. The van der Waals surface area contributed by atoms with Gasteiger partial charge in [0, 0.05) is 12.7 Å². The summed E-state index contributed by atoms with van der Waals surface area (Å²) in [7, 11) is 1.19. The number of nitrogens with one attached hydrogen (secondary N) is 1. The molecular weight excluding hydrogens is 476 g/mol. The number of halogens is 2. The summed E-state index contributed by atoms with van der Waals surface area (Å²) in [5.74, 6) is -5.95. The second-order valence-corrected chi connectivity index (χ2v) is 9.70. The first-order chi connectivity index (χ1) is 17.0. The quantitative estimate of drug-likeness (QED) is 0.390. The monoisotopic (exact) mass is 515 g/mol. The number of ether oxygens (including phenoxy) is 3. The van der Waals surface area contributed by atoms with E-state index in [1.54, 1.807) is 0 Å². The molecule has 0 aliphatic carbocycles. The Labute approximate surface area is 210 Å². The first kappa shape index (κ1) is 29.7. The van der Waals surface area contributed by atoms with Gasteiger partial charge in [-0.1, -0.05) is 47.5 Å². The Hall–Kier alpha value is -2.56. The smallest absolute Gasteiger partial charge is 0.351 e. The first-order valence-corrected chi connectivity index (χ1v) is 12.6. The Morgan fingerprint density at radius 1 is 1.19 bits per heavy atom. The summed E-state index contributed by atoms with van der Waals surface area (Å²) >= 11 is 0. The van der Waals surface area contributed by atoms with E-state index in [0.29, 0.717) is 17.0 Å². The van der Waals surface area contributed by atoms with E-state index in [-0.39, 0.29) is 12.2 Å². The van der Waals surface area contributed by atoms with Gasteiger partial charge in [-0.15, -0.1) is 0 Å². The van der Waals surface area contributed by atoms with E-state index < -0.39 is 53.8 Å². The molecule has 9 nitrogen and oxygen atoms in total. The Kier molecular flexibility index (Phi) is 10.8. The summed E-state index contributed by atoms with van der Waals surface area (Å²) in [5, 5.41) is 3.12. The first-order valence-electron chi connectivity index (χ1n) is 12.6. The van der Waals surface area contributed by atoms with Crippen LogP contribution in [0.4, 0.5) is 14.6 Å². The molecule has 2 heterocycles. The lowest BCUT2D eigenvalue weighted by molar-refractivity contribution is -0.179. The fraction of sp³-hybridized carbons (Fsp3) is 0.760. The third-order valence-electron chi connectivity index (χ3n) is 6.30. The Bertz CT molecular complexity index is 933. The summed E-state index contributed by atoms with van der Waals surface area (Å²) in [4.78, 5) is 40.7. The van der Waals surface area contributed by atoms with Crippen LogP contribution in [0.2, 0.25) is 0 Å². The molecule has 1 saturated heterocycles. The molecule has 1 aromatic rings. The van der Waals surface area contributed by atoms with Crippen molar-refractivity contribution in [2.45, 2.75) is 91.1 Å². The topological polar surface area (TPSA) is 109 Å². The molecule has 11 heteroatoms. The van der Waals surface area contributed by atoms with Gasteiger partial charge in [-0.25, -0.2) is 4.79 Å². The molecule has 4 atom stereocenters. The van der Waals surface area contributed by atoms with E-state index in [1.165, 1.54) is 40.1 Å². The maximum Gasteiger partial charge on any atom is 0.351 e. The van der Waals surface area contributed by atoms with Gasteiger partial charge in [0.05, 0.1) is 18.9 Å². The average molecular weight is 516 g/mol. The van der Waals surface area contributed by atoms with E-state index in [9.17, 15) is 14.4 Å². The number of hydrogen-bond acceptors (Lipinski definition) is 8. The zero-order chi connectivity index (χ0) is 27.0. The SMILES string of the molecule is CCCC(CCC)CNc1ccn([C@@H]2O[C@H](CC(C)C(=O)OC)[C@@H](OC(=O)C(C)C)C2(F)F)c(=O)n1. The van der Waals surface area contributed by atoms with Gasteiger partial charge >= 0.3 is 23.6 Å². The molecule has 1 fully saturated rings. The number of nitrogens with zero attached hydrogens (tertiary/aromatic N) is 2. The second-order valence-electron chi connectivity index (χ2n) is 9.70. The second kappa shape index (κ2) is 13.1. The van der Waals surface area contributed by atoms with Crippen LogP contribution in [0.3, 0.4) is 0 Å². The number of rotatable bonds is 13. The molecule has 204 valence electrons. The van der Waals surface area contributed by atoms with Crippen molar-refractivity contribution >= 4 is 17.8 Å². The molecule has 0 bridgehead atoms. The summed E-state index contributed by atoms with van der Waals surface area (Å²) < 4.78 is 47.2. The predicted octanol–water partition coefficient (Wildman–Crippen LogP) is 4.17. The van der Waals surface area contributed by atoms with Gasteiger partial charge in [0.25, 0.3) is 0 Å². The van der Waals surface area contributed by atoms with E-state index >= 15 is 8.78 Å². The molecule has 0 saturated carbocycles. The van der Waals surface area contributed by atoms with Gasteiger partial charge in [-0.05, 0) is 31.2 Å². The number of methoxy groups -OCH3 is 1. The van der Waals surface area contributed by atoms with Crippen LogP contribution in [0.25, 0.3) is 0 Å². The molecule has 0 radical (unpaired) electrons. The van der Waals surface area contributed by atoms with Crippen molar-refractivity contribution in [1.29, 1.82) is 0 Å². The van der Waals surface area contributed by atoms with Gasteiger partial charge in [-0.2, -0.15) is 13.8 Å². The molecule has 1 N–H and O–H groups in total. The van der Waals surface area contributed by atoms with E-state index in [4.69, 9.17) is 9.47 Å². The Morgan fingerprint density at radius 3 is 2.36 bits per heavy atom. The molecule has 1 aliphatic rings. The zero-order valence-corrected chi connectivity index (χ0v) is 22.0. The number of carbonyl (C=O) groups is 2. The number of hydrogen-bond donors (Lipinski definition) is 1. The molecule has 1 aliphatic heterocycles. The fourth-order valence-electron chi connectivity index (χ4n) is 4.31. The minimum absolute atomic E-state index is 0.188. The number of esters is 2. The van der Waals surface area contributed by atoms with Crippen molar-refractivity contribution in [3.63, 3.8) is 0 Å². The van der Waals surface area contributed by atoms with Crippen LogP contribution < -0.4 is 11.0 Å². The van der Waals surface area contributed by atoms with Crippen LogP contribution in [0.15, 0.2) is 17.1 Å². The van der Waals surface area contributed by atoms with Crippen molar-refractivity contribution in [3.8, 4) is 0 Å². The van der Waals surface area contributed by atoms with E-state index in [2.05, 4.69) is 28.9 Å². The summed E-state index contributed by atoms with van der Waals surface area (Å²) in [6.07, 6.45) is -0.246. The van der Waals surface area contributed by atoms with Gasteiger partial charge in [-0.3, -0.25) is 14.2 Å².